The highest BCUT2D eigenvalue weighted by Gasteiger charge is 2.18. The topological polar surface area (TPSA) is 89.5 Å². The van der Waals surface area contributed by atoms with Crippen molar-refractivity contribution in [1.29, 1.82) is 0 Å². The molecule has 1 N–H and O–H groups in total. The molecule has 1 unspecified atom stereocenters. The molecule has 0 radical (unpaired) electrons. The Balaban J connectivity index is 1.99. The number of sulfonamides is 1. The highest BCUT2D eigenvalue weighted by Crippen LogP contribution is 2.13. The Labute approximate surface area is 157 Å². The maximum Gasteiger partial charge on any atom is 0.338 e. The molecule has 8 heteroatoms. The van der Waals surface area contributed by atoms with Crippen molar-refractivity contribution in [2.75, 3.05) is 6.61 Å². The fraction of sp³-hybridized carbons (Fsp3) is 0.263. The molecule has 0 spiro atoms. The molecule has 0 saturated heterocycles. The molecule has 0 aliphatic heterocycles. The highest BCUT2D eigenvalue weighted by molar-refractivity contribution is 7.89. The summed E-state index contributed by atoms with van der Waals surface area (Å²) in [7, 11) is -3.67. The largest absolute Gasteiger partial charge is 0.454 e. The monoisotopic (exact) mass is 393 g/mol. The summed E-state index contributed by atoms with van der Waals surface area (Å²) in [5.74, 6) is -1.70. The lowest BCUT2D eigenvalue weighted by molar-refractivity contribution is 0.0474. The van der Waals surface area contributed by atoms with Crippen molar-refractivity contribution in [2.24, 2.45) is 0 Å². The third-order valence-electron chi connectivity index (χ3n) is 3.87. The number of ether oxygens (including phenoxy) is 1. The first-order valence-electron chi connectivity index (χ1n) is 8.31. The molecular formula is C19H20FNO5S. The summed E-state index contributed by atoms with van der Waals surface area (Å²) < 4.78 is 44.7. The molecule has 0 aromatic heterocycles. The maximum absolute atomic E-state index is 12.8. The van der Waals surface area contributed by atoms with E-state index in [1.807, 2.05) is 6.92 Å². The Hall–Kier alpha value is -2.58. The fourth-order valence-electron chi connectivity index (χ4n) is 2.12. The van der Waals surface area contributed by atoms with Crippen LogP contribution in [0.1, 0.15) is 41.0 Å². The number of esters is 1. The summed E-state index contributed by atoms with van der Waals surface area (Å²) in [5, 5.41) is 0. The Kier molecular flexibility index (Phi) is 6.81. The third-order valence-corrected chi connectivity index (χ3v) is 5.48. The molecular weight excluding hydrogens is 373 g/mol. The van der Waals surface area contributed by atoms with Gasteiger partial charge in [-0.05, 0) is 61.9 Å². The summed E-state index contributed by atoms with van der Waals surface area (Å²) >= 11 is 0. The molecule has 0 aliphatic rings. The molecule has 27 heavy (non-hydrogen) atoms. The second-order valence-electron chi connectivity index (χ2n) is 5.96. The SMILES string of the molecule is CCC(C)NS(=O)(=O)c1ccc(C(=O)OCC(=O)c2ccc(F)cc2)cc1. The lowest BCUT2D eigenvalue weighted by Gasteiger charge is -2.12. The summed E-state index contributed by atoms with van der Waals surface area (Å²) in [6, 6.07) is 9.89. The van der Waals surface area contributed by atoms with Crippen LogP contribution in [0.4, 0.5) is 4.39 Å². The van der Waals surface area contributed by atoms with Gasteiger partial charge in [0.2, 0.25) is 10.0 Å². The first-order valence-corrected chi connectivity index (χ1v) is 9.79. The average molecular weight is 393 g/mol. The highest BCUT2D eigenvalue weighted by atomic mass is 32.2. The summed E-state index contributed by atoms with van der Waals surface area (Å²) in [6.45, 7) is 3.11. The zero-order chi connectivity index (χ0) is 20.0. The molecule has 0 saturated carbocycles. The van der Waals surface area contributed by atoms with Crippen molar-refractivity contribution in [2.45, 2.75) is 31.2 Å². The number of ketones is 1. The molecule has 144 valence electrons. The van der Waals surface area contributed by atoms with Crippen molar-refractivity contribution in [3.63, 3.8) is 0 Å². The number of Topliss-reactive ketones (excluding diaryl/α,β-unsaturated/α-hetero) is 1. The predicted molar refractivity (Wildman–Crippen MR) is 97.5 cm³/mol. The van der Waals surface area contributed by atoms with Crippen molar-refractivity contribution < 1.29 is 27.1 Å². The smallest absolute Gasteiger partial charge is 0.338 e. The maximum atomic E-state index is 12.8. The molecule has 0 heterocycles. The van der Waals surface area contributed by atoms with Gasteiger partial charge in [0.15, 0.2) is 12.4 Å². The normalized spacial score (nSPS) is 12.4. The molecule has 0 amide bonds. The quantitative estimate of drug-likeness (QED) is 0.550. The van der Waals surface area contributed by atoms with E-state index in [0.717, 1.165) is 12.1 Å². The molecule has 6 nitrogen and oxygen atoms in total. The average Bonchev–Trinajstić information content (AvgIpc) is 2.66. The van der Waals surface area contributed by atoms with Crippen LogP contribution in [0.3, 0.4) is 0 Å². The van der Waals surface area contributed by atoms with Crippen molar-refractivity contribution in [3.8, 4) is 0 Å². The van der Waals surface area contributed by atoms with Gasteiger partial charge in [-0.1, -0.05) is 6.92 Å². The van der Waals surface area contributed by atoms with Crippen LogP contribution < -0.4 is 4.72 Å². The van der Waals surface area contributed by atoms with Crippen LogP contribution >= 0.6 is 0 Å². The minimum absolute atomic E-state index is 0.0294. The number of nitrogens with one attached hydrogen (secondary N) is 1. The number of hydrogen-bond acceptors (Lipinski definition) is 5. The predicted octanol–water partition coefficient (Wildman–Crippen LogP) is 2.94. The van der Waals surface area contributed by atoms with Crippen LogP contribution in [0, 0.1) is 5.82 Å². The van der Waals surface area contributed by atoms with E-state index in [1.54, 1.807) is 6.92 Å². The van der Waals surface area contributed by atoms with Gasteiger partial charge in [-0.3, -0.25) is 4.79 Å². The second-order valence-corrected chi connectivity index (χ2v) is 7.68. The Morgan fingerprint density at radius 1 is 1.04 bits per heavy atom. The van der Waals surface area contributed by atoms with E-state index in [9.17, 15) is 22.4 Å². The summed E-state index contributed by atoms with van der Waals surface area (Å²) in [5.41, 5.74) is 0.339. The van der Waals surface area contributed by atoms with Gasteiger partial charge >= 0.3 is 5.97 Å². The molecule has 2 aromatic carbocycles. The van der Waals surface area contributed by atoms with Crippen molar-refractivity contribution >= 4 is 21.8 Å². The molecule has 0 fully saturated rings. The van der Waals surface area contributed by atoms with Crippen LogP contribution in [-0.2, 0) is 14.8 Å². The number of carbonyl (C=O) groups excluding carboxylic acids is 2. The van der Waals surface area contributed by atoms with Gasteiger partial charge in [0, 0.05) is 11.6 Å². The van der Waals surface area contributed by atoms with E-state index in [2.05, 4.69) is 4.72 Å². The van der Waals surface area contributed by atoms with Gasteiger partial charge in [-0.2, -0.15) is 0 Å². The Morgan fingerprint density at radius 2 is 1.59 bits per heavy atom. The van der Waals surface area contributed by atoms with E-state index < -0.39 is 34.2 Å². The van der Waals surface area contributed by atoms with E-state index in [0.29, 0.717) is 6.42 Å². The molecule has 2 rings (SSSR count). The Morgan fingerprint density at radius 3 is 2.15 bits per heavy atom. The number of carbonyl (C=O) groups is 2. The minimum atomic E-state index is -3.67. The van der Waals surface area contributed by atoms with Gasteiger partial charge in [0.05, 0.1) is 10.5 Å². The van der Waals surface area contributed by atoms with Gasteiger partial charge in [-0.25, -0.2) is 22.3 Å². The molecule has 2 aromatic rings. The first-order chi connectivity index (χ1) is 12.7. The Bertz CT molecular complexity index is 908. The van der Waals surface area contributed by atoms with Crippen molar-refractivity contribution in [3.05, 3.63) is 65.5 Å². The van der Waals surface area contributed by atoms with E-state index in [-0.39, 0.29) is 22.1 Å². The van der Waals surface area contributed by atoms with Crippen LogP contribution in [-0.4, -0.2) is 32.8 Å². The number of halogens is 1. The summed E-state index contributed by atoms with van der Waals surface area (Å²) in [4.78, 5) is 24.0. The van der Waals surface area contributed by atoms with E-state index in [1.165, 1.54) is 36.4 Å². The third kappa shape index (κ3) is 5.70. The van der Waals surface area contributed by atoms with Crippen LogP contribution in [0.5, 0.6) is 0 Å². The zero-order valence-electron chi connectivity index (χ0n) is 14.9. The van der Waals surface area contributed by atoms with Gasteiger partial charge in [-0.15, -0.1) is 0 Å². The lowest BCUT2D eigenvalue weighted by atomic mass is 10.1. The summed E-state index contributed by atoms with van der Waals surface area (Å²) in [6.07, 6.45) is 0.645. The standard InChI is InChI=1S/C19H20FNO5S/c1-3-13(2)21-27(24,25)17-10-6-15(7-11-17)19(23)26-12-18(22)14-4-8-16(20)9-5-14/h4-11,13,21H,3,12H2,1-2H3. The van der Waals surface area contributed by atoms with Crippen molar-refractivity contribution in [1.82, 2.24) is 4.72 Å². The second kappa shape index (κ2) is 8.88. The number of hydrogen-bond donors (Lipinski definition) is 1. The zero-order valence-corrected chi connectivity index (χ0v) is 15.8. The van der Waals surface area contributed by atoms with Gasteiger partial charge < -0.3 is 4.74 Å². The molecule has 0 bridgehead atoms. The number of rotatable bonds is 8. The van der Waals surface area contributed by atoms with E-state index >= 15 is 0 Å². The van der Waals surface area contributed by atoms with Crippen LogP contribution in [0.2, 0.25) is 0 Å². The van der Waals surface area contributed by atoms with Crippen LogP contribution in [0.15, 0.2) is 53.4 Å². The first kappa shape index (κ1) is 20.7. The lowest BCUT2D eigenvalue weighted by Crippen LogP contribution is -2.32. The van der Waals surface area contributed by atoms with E-state index in [4.69, 9.17) is 4.74 Å². The van der Waals surface area contributed by atoms with Crippen LogP contribution in [0.25, 0.3) is 0 Å². The molecule has 0 aliphatic carbocycles. The molecule has 1 atom stereocenters. The van der Waals surface area contributed by atoms with Gasteiger partial charge in [0.1, 0.15) is 5.82 Å². The fourth-order valence-corrected chi connectivity index (χ4v) is 3.45. The van der Waals surface area contributed by atoms with Gasteiger partial charge in [0.25, 0.3) is 0 Å². The minimum Gasteiger partial charge on any atom is -0.454 e. The number of benzene rings is 2.